The molecule has 0 saturated carbocycles. The largest absolute Gasteiger partial charge is 0.478 e. The predicted octanol–water partition coefficient (Wildman–Crippen LogP) is 8.69. The Morgan fingerprint density at radius 1 is 0.304 bits per heavy atom. The van der Waals surface area contributed by atoms with Crippen LogP contribution in [0.25, 0.3) is 0 Å². The number of carboxylic acid groups (broad SMARTS) is 6. The van der Waals surface area contributed by atoms with Gasteiger partial charge in [-0.3, -0.25) is 0 Å². The summed E-state index contributed by atoms with van der Waals surface area (Å²) in [4.78, 5) is 61.2. The van der Waals surface area contributed by atoms with E-state index in [1.807, 2.05) is 13.8 Å². The van der Waals surface area contributed by atoms with Crippen molar-refractivity contribution in [2.45, 2.75) is 33.1 Å². The highest BCUT2D eigenvalue weighted by Gasteiger charge is 2.03. The molecule has 0 spiro atoms. The molecule has 6 aromatic rings. The molecule has 16 heteroatoms. The van der Waals surface area contributed by atoms with Crippen LogP contribution in [0, 0.1) is 11.8 Å². The van der Waals surface area contributed by atoms with Crippen LogP contribution in [0.4, 0.5) is 0 Å². The number of rotatable bonds is 13. The molecule has 0 aliphatic rings. The highest BCUT2D eigenvalue weighted by molar-refractivity contribution is 5.89. The molecule has 0 radical (unpaired) electrons. The van der Waals surface area contributed by atoms with E-state index in [1.165, 1.54) is 0 Å². The van der Waals surface area contributed by atoms with Crippen molar-refractivity contribution < 1.29 is 79.8 Å². The maximum absolute atomic E-state index is 10.2. The van der Waals surface area contributed by atoms with E-state index >= 15 is 0 Å². The van der Waals surface area contributed by atoms with E-state index in [2.05, 4.69) is 0 Å². The van der Waals surface area contributed by atoms with Crippen LogP contribution in [0.2, 0.25) is 0 Å². The Balaban J connectivity index is 0. The van der Waals surface area contributed by atoms with Gasteiger partial charge in [-0.05, 0) is 85.6 Å². The van der Waals surface area contributed by atoms with Crippen LogP contribution in [0.1, 0.15) is 95.3 Å². The van der Waals surface area contributed by atoms with E-state index in [0.29, 0.717) is 33.4 Å². The summed E-state index contributed by atoms with van der Waals surface area (Å²) < 4.78 is 0. The van der Waals surface area contributed by atoms with Gasteiger partial charge in [0.05, 0.1) is 33.4 Å². The third kappa shape index (κ3) is 34.0. The fraction of sp³-hybridized carbons (Fsp3) is 0.208. The van der Waals surface area contributed by atoms with Crippen LogP contribution in [0.5, 0.6) is 0 Å². The first kappa shape index (κ1) is 63.1. The van der Waals surface area contributed by atoms with E-state index in [0.717, 1.165) is 19.3 Å². The third-order valence-corrected chi connectivity index (χ3v) is 8.43. The molecule has 0 amide bonds. The van der Waals surface area contributed by atoms with Gasteiger partial charge >= 0.3 is 35.8 Å². The van der Waals surface area contributed by atoms with Gasteiger partial charge in [-0.25, -0.2) is 28.8 Å². The van der Waals surface area contributed by atoms with Crippen LogP contribution in [-0.2, 0) is 0 Å². The number of aromatic carboxylic acids is 6. The average molecular weight is 955 g/mol. The Morgan fingerprint density at radius 2 is 0.464 bits per heavy atom. The average Bonchev–Trinajstić information content (AvgIpc) is 3.39. The molecule has 6 rings (SSSR count). The van der Waals surface area contributed by atoms with Crippen LogP contribution in [0.15, 0.2) is 182 Å². The molecule has 0 saturated heterocycles. The highest BCUT2D eigenvalue weighted by atomic mass is 16.4. The van der Waals surface area contributed by atoms with E-state index < -0.39 is 35.8 Å². The van der Waals surface area contributed by atoms with Gasteiger partial charge in [0.25, 0.3) is 0 Å². The van der Waals surface area contributed by atoms with Gasteiger partial charge in [-0.2, -0.15) is 0 Å². The number of benzene rings is 6. The first-order chi connectivity index (χ1) is 33.0. The molecule has 0 fully saturated rings. The Hall–Kier alpha value is -8.02. The Bertz CT molecular complexity index is 1830. The zero-order valence-electron chi connectivity index (χ0n) is 38.3. The first-order valence-electron chi connectivity index (χ1n) is 21.2. The van der Waals surface area contributed by atoms with Crippen LogP contribution in [-0.4, -0.2) is 113 Å². The van der Waals surface area contributed by atoms with Gasteiger partial charge < -0.3 is 51.1 Å². The molecule has 16 nitrogen and oxygen atoms in total. The number of carboxylic acids is 6. The SMILES string of the molecule is CCC(CO)CO.CCCC(CO)CO.O=C(O)c1ccccc1.O=C(O)c1ccccc1.O=C(O)c1ccccc1.O=C(O)c1ccccc1.O=C(O)c1ccccc1.O=C(O)c1ccccc1. The number of hydrogen-bond acceptors (Lipinski definition) is 10. The third-order valence-electron chi connectivity index (χ3n) is 8.43. The monoisotopic (exact) mass is 954 g/mol. The van der Waals surface area contributed by atoms with Gasteiger partial charge in [0.1, 0.15) is 0 Å². The van der Waals surface area contributed by atoms with E-state index in [-0.39, 0.29) is 38.3 Å². The number of carbonyl (C=O) groups is 6. The molecule has 0 unspecified atom stereocenters. The maximum atomic E-state index is 10.2. The molecule has 0 bridgehead atoms. The zero-order valence-corrected chi connectivity index (χ0v) is 38.3. The zero-order chi connectivity index (χ0) is 52.2. The molecule has 0 aliphatic carbocycles. The number of hydrogen-bond donors (Lipinski definition) is 10. The summed E-state index contributed by atoms with van der Waals surface area (Å²) >= 11 is 0. The lowest BCUT2D eigenvalue weighted by molar-refractivity contribution is 0.0686. The lowest BCUT2D eigenvalue weighted by Crippen LogP contribution is -2.09. The van der Waals surface area contributed by atoms with Crippen molar-refractivity contribution in [3.63, 3.8) is 0 Å². The van der Waals surface area contributed by atoms with Crippen molar-refractivity contribution in [1.82, 2.24) is 0 Å². The molecule has 69 heavy (non-hydrogen) atoms. The minimum absolute atomic E-state index is 0.0972. The summed E-state index contributed by atoms with van der Waals surface area (Å²) in [6.07, 6.45) is 2.81. The van der Waals surface area contributed by atoms with Crippen molar-refractivity contribution in [3.8, 4) is 0 Å². The molecular formula is C53H62O16. The van der Waals surface area contributed by atoms with Gasteiger partial charge in [-0.1, -0.05) is 129 Å². The topological polar surface area (TPSA) is 305 Å². The van der Waals surface area contributed by atoms with Crippen molar-refractivity contribution in [2.24, 2.45) is 11.8 Å². The van der Waals surface area contributed by atoms with Gasteiger partial charge in [0, 0.05) is 38.3 Å². The second-order valence-electron chi connectivity index (χ2n) is 13.7. The van der Waals surface area contributed by atoms with E-state index in [1.54, 1.807) is 182 Å². The maximum Gasteiger partial charge on any atom is 0.335 e. The van der Waals surface area contributed by atoms with Crippen LogP contribution in [0.3, 0.4) is 0 Å². The summed E-state index contributed by atoms with van der Waals surface area (Å²) in [7, 11) is 0. The van der Waals surface area contributed by atoms with Gasteiger partial charge in [-0.15, -0.1) is 0 Å². The lowest BCUT2D eigenvalue weighted by Gasteiger charge is -2.06. The van der Waals surface area contributed by atoms with Crippen molar-refractivity contribution in [2.75, 3.05) is 26.4 Å². The molecule has 0 heterocycles. The second kappa shape index (κ2) is 41.4. The van der Waals surface area contributed by atoms with E-state index in [4.69, 9.17) is 51.1 Å². The molecule has 370 valence electrons. The number of aliphatic hydroxyl groups is 4. The summed E-state index contributed by atoms with van der Waals surface area (Å²) in [5, 5.41) is 84.0. The van der Waals surface area contributed by atoms with Gasteiger partial charge in [0.15, 0.2) is 0 Å². The molecule has 0 atom stereocenters. The minimum atomic E-state index is -0.879. The first-order valence-corrected chi connectivity index (χ1v) is 21.2. The van der Waals surface area contributed by atoms with Gasteiger partial charge in [0.2, 0.25) is 0 Å². The summed E-state index contributed by atoms with van der Waals surface area (Å²) in [6, 6.07) is 49.8. The van der Waals surface area contributed by atoms with E-state index in [9.17, 15) is 28.8 Å². The Labute approximate surface area is 401 Å². The summed E-state index contributed by atoms with van der Waals surface area (Å²) in [5.74, 6) is -5.07. The summed E-state index contributed by atoms with van der Waals surface area (Å²) in [5.41, 5.74) is 1.99. The second-order valence-corrected chi connectivity index (χ2v) is 13.7. The van der Waals surface area contributed by atoms with Crippen LogP contribution < -0.4 is 0 Å². The quantitative estimate of drug-likeness (QED) is 0.0517. The lowest BCUT2D eigenvalue weighted by atomic mass is 10.1. The minimum Gasteiger partial charge on any atom is -0.478 e. The fourth-order valence-corrected chi connectivity index (χ4v) is 4.45. The Morgan fingerprint density at radius 3 is 0.522 bits per heavy atom. The normalized spacial score (nSPS) is 9.22. The Kier molecular flexibility index (Phi) is 37.9. The number of aliphatic hydroxyl groups excluding tert-OH is 4. The smallest absolute Gasteiger partial charge is 0.335 e. The van der Waals surface area contributed by atoms with Crippen LogP contribution >= 0.6 is 0 Å². The van der Waals surface area contributed by atoms with Crippen molar-refractivity contribution >= 4 is 35.8 Å². The highest BCUT2D eigenvalue weighted by Crippen LogP contribution is 2.03. The summed E-state index contributed by atoms with van der Waals surface area (Å²) in [6.45, 7) is 4.42. The van der Waals surface area contributed by atoms with Crippen molar-refractivity contribution in [1.29, 1.82) is 0 Å². The standard InChI is InChI=1S/6C7H6O2.C6H14O2.C5H12O2/c6*8-7(9)6-4-2-1-3-5-6;1-2-3-6(4-7)5-8;1-2-5(3-6)4-7/h6*1-5H,(H,8,9);6-8H,2-5H2,1H3;5-7H,2-4H2,1H3. The molecule has 0 aliphatic heterocycles. The molecular weight excluding hydrogens is 893 g/mol. The van der Waals surface area contributed by atoms with Crippen molar-refractivity contribution in [3.05, 3.63) is 215 Å². The predicted molar refractivity (Wildman–Crippen MR) is 261 cm³/mol. The molecule has 0 aromatic heterocycles. The molecule has 6 aromatic carbocycles. The molecule has 10 N–H and O–H groups in total. The fourth-order valence-electron chi connectivity index (χ4n) is 4.45.